The van der Waals surface area contributed by atoms with Crippen LogP contribution in [0.3, 0.4) is 0 Å². The number of nitrogens with one attached hydrogen (secondary N) is 2. The Hall–Kier alpha value is -0.610. The summed E-state index contributed by atoms with van der Waals surface area (Å²) in [5.74, 6) is 0.952. The average molecular weight is 254 g/mol. The molecule has 0 saturated carbocycles. The van der Waals surface area contributed by atoms with Gasteiger partial charge in [0.15, 0.2) is 0 Å². The predicted octanol–water partition coefficient (Wildman–Crippen LogP) is 1.45. The first-order valence-electron chi connectivity index (χ1n) is 7.42. The third kappa shape index (κ3) is 4.94. The number of ether oxygens (including phenoxy) is 1. The minimum Gasteiger partial charge on any atom is -0.381 e. The second-order valence-electron chi connectivity index (χ2n) is 5.55. The first-order valence-corrected chi connectivity index (χ1v) is 7.42. The van der Waals surface area contributed by atoms with Crippen molar-refractivity contribution in [2.75, 3.05) is 26.3 Å². The van der Waals surface area contributed by atoms with E-state index in [1.54, 1.807) is 0 Å². The molecule has 1 unspecified atom stereocenters. The summed E-state index contributed by atoms with van der Waals surface area (Å²) in [6, 6.07) is 0.404. The van der Waals surface area contributed by atoms with E-state index in [0.717, 1.165) is 57.9 Å². The number of piperidine rings is 1. The van der Waals surface area contributed by atoms with Gasteiger partial charge in [0.2, 0.25) is 5.91 Å². The maximum absolute atomic E-state index is 11.8. The molecule has 0 aromatic carbocycles. The molecule has 18 heavy (non-hydrogen) atoms. The molecule has 0 aromatic rings. The minimum atomic E-state index is 0.210. The summed E-state index contributed by atoms with van der Waals surface area (Å²) in [6.07, 6.45) is 7.71. The second kappa shape index (κ2) is 7.74. The fraction of sp³-hybridized carbons (Fsp3) is 0.929. The summed E-state index contributed by atoms with van der Waals surface area (Å²) in [6.45, 7) is 3.69. The van der Waals surface area contributed by atoms with Gasteiger partial charge in [-0.15, -0.1) is 0 Å². The van der Waals surface area contributed by atoms with Crippen molar-refractivity contribution in [1.29, 1.82) is 0 Å². The van der Waals surface area contributed by atoms with Gasteiger partial charge in [-0.2, -0.15) is 0 Å². The fourth-order valence-electron chi connectivity index (χ4n) is 2.84. The van der Waals surface area contributed by atoms with Crippen molar-refractivity contribution in [1.82, 2.24) is 10.6 Å². The van der Waals surface area contributed by atoms with Crippen LogP contribution in [-0.4, -0.2) is 38.3 Å². The lowest BCUT2D eigenvalue weighted by Crippen LogP contribution is -2.39. The fourth-order valence-corrected chi connectivity index (χ4v) is 2.84. The number of hydrogen-bond donors (Lipinski definition) is 2. The van der Waals surface area contributed by atoms with Crippen molar-refractivity contribution < 1.29 is 9.53 Å². The van der Waals surface area contributed by atoms with Gasteiger partial charge in [0.1, 0.15) is 0 Å². The van der Waals surface area contributed by atoms with Crippen LogP contribution >= 0.6 is 0 Å². The van der Waals surface area contributed by atoms with Crippen LogP contribution in [0.15, 0.2) is 0 Å². The number of rotatable bonds is 5. The zero-order valence-electron chi connectivity index (χ0n) is 11.2. The van der Waals surface area contributed by atoms with Crippen LogP contribution in [0.25, 0.3) is 0 Å². The molecule has 4 nitrogen and oxygen atoms in total. The van der Waals surface area contributed by atoms with Crippen LogP contribution in [0.5, 0.6) is 0 Å². The Morgan fingerprint density at radius 1 is 1.22 bits per heavy atom. The predicted molar refractivity (Wildman–Crippen MR) is 71.4 cm³/mol. The Morgan fingerprint density at radius 2 is 2.06 bits per heavy atom. The molecule has 0 aliphatic carbocycles. The molecule has 4 heteroatoms. The van der Waals surface area contributed by atoms with E-state index in [2.05, 4.69) is 10.6 Å². The molecule has 2 N–H and O–H groups in total. The second-order valence-corrected chi connectivity index (χ2v) is 5.55. The Labute approximate surface area is 110 Å². The van der Waals surface area contributed by atoms with E-state index in [4.69, 9.17) is 4.74 Å². The van der Waals surface area contributed by atoms with Gasteiger partial charge in [0.05, 0.1) is 0 Å². The van der Waals surface area contributed by atoms with Gasteiger partial charge in [-0.05, 0) is 44.6 Å². The van der Waals surface area contributed by atoms with Crippen molar-refractivity contribution in [2.45, 2.75) is 51.0 Å². The highest BCUT2D eigenvalue weighted by molar-refractivity contribution is 5.76. The summed E-state index contributed by atoms with van der Waals surface area (Å²) in [7, 11) is 0. The molecule has 104 valence electrons. The molecule has 2 aliphatic rings. The molecule has 2 rings (SSSR count). The quantitative estimate of drug-likeness (QED) is 0.781. The molecule has 0 radical (unpaired) electrons. The van der Waals surface area contributed by atoms with E-state index in [0.29, 0.717) is 12.5 Å². The van der Waals surface area contributed by atoms with E-state index in [9.17, 15) is 4.79 Å². The van der Waals surface area contributed by atoms with Crippen LogP contribution in [0, 0.1) is 5.92 Å². The number of carbonyl (C=O) groups excluding carboxylic acids is 1. The molecule has 0 spiro atoms. The molecule has 2 aliphatic heterocycles. The van der Waals surface area contributed by atoms with Gasteiger partial charge in [-0.25, -0.2) is 0 Å². The van der Waals surface area contributed by atoms with Crippen LogP contribution in [0.1, 0.15) is 44.9 Å². The Morgan fingerprint density at radius 3 is 2.78 bits per heavy atom. The van der Waals surface area contributed by atoms with Crippen molar-refractivity contribution >= 4 is 5.91 Å². The largest absolute Gasteiger partial charge is 0.381 e. The maximum Gasteiger partial charge on any atom is 0.221 e. The average Bonchev–Trinajstić information content (AvgIpc) is 2.41. The lowest BCUT2D eigenvalue weighted by atomic mass is 9.96. The standard InChI is InChI=1S/C14H26N2O2/c17-14(11-13-3-1-2-7-15-13)16-8-4-12-5-9-18-10-6-12/h12-13,15H,1-11H2,(H,16,17). The number of hydrogen-bond acceptors (Lipinski definition) is 3. The highest BCUT2D eigenvalue weighted by Gasteiger charge is 2.17. The molecule has 1 amide bonds. The highest BCUT2D eigenvalue weighted by atomic mass is 16.5. The highest BCUT2D eigenvalue weighted by Crippen LogP contribution is 2.17. The van der Waals surface area contributed by atoms with Crippen LogP contribution < -0.4 is 10.6 Å². The monoisotopic (exact) mass is 254 g/mol. The topological polar surface area (TPSA) is 50.4 Å². The van der Waals surface area contributed by atoms with Crippen molar-refractivity contribution in [3.05, 3.63) is 0 Å². The maximum atomic E-state index is 11.8. The number of carbonyl (C=O) groups is 1. The van der Waals surface area contributed by atoms with Gasteiger partial charge in [-0.3, -0.25) is 4.79 Å². The Kier molecular flexibility index (Phi) is 5.94. The van der Waals surface area contributed by atoms with Gasteiger partial charge in [0, 0.05) is 32.2 Å². The molecule has 2 fully saturated rings. The first kappa shape index (κ1) is 13.8. The third-order valence-electron chi connectivity index (χ3n) is 4.06. The molecule has 0 bridgehead atoms. The molecule has 2 heterocycles. The Bertz CT molecular complexity index is 246. The van der Waals surface area contributed by atoms with E-state index >= 15 is 0 Å². The van der Waals surface area contributed by atoms with Crippen molar-refractivity contribution in [3.63, 3.8) is 0 Å². The first-order chi connectivity index (χ1) is 8.84. The zero-order chi connectivity index (χ0) is 12.6. The zero-order valence-corrected chi connectivity index (χ0v) is 11.2. The molecular formula is C14H26N2O2. The summed E-state index contributed by atoms with van der Waals surface area (Å²) >= 11 is 0. The van der Waals surface area contributed by atoms with Gasteiger partial charge >= 0.3 is 0 Å². The third-order valence-corrected chi connectivity index (χ3v) is 4.06. The number of amides is 1. The summed E-state index contributed by atoms with van der Waals surface area (Å²) in [4.78, 5) is 11.8. The normalized spacial score (nSPS) is 25.9. The van der Waals surface area contributed by atoms with Gasteiger partial charge in [0.25, 0.3) is 0 Å². The summed E-state index contributed by atoms with van der Waals surface area (Å²) in [5, 5.41) is 6.47. The molecule has 0 aromatic heterocycles. The molecule has 2 saturated heterocycles. The van der Waals surface area contributed by atoms with E-state index in [1.165, 1.54) is 12.8 Å². The van der Waals surface area contributed by atoms with Crippen LogP contribution in [0.2, 0.25) is 0 Å². The van der Waals surface area contributed by atoms with Crippen LogP contribution in [0.4, 0.5) is 0 Å². The molecule has 1 atom stereocenters. The Balaban J connectivity index is 1.53. The lowest BCUT2D eigenvalue weighted by Gasteiger charge is -2.24. The van der Waals surface area contributed by atoms with E-state index in [1.807, 2.05) is 0 Å². The summed E-state index contributed by atoms with van der Waals surface area (Å²) < 4.78 is 5.33. The summed E-state index contributed by atoms with van der Waals surface area (Å²) in [5.41, 5.74) is 0. The van der Waals surface area contributed by atoms with Crippen molar-refractivity contribution in [3.8, 4) is 0 Å². The van der Waals surface area contributed by atoms with E-state index < -0.39 is 0 Å². The smallest absolute Gasteiger partial charge is 0.221 e. The van der Waals surface area contributed by atoms with Crippen LogP contribution in [-0.2, 0) is 9.53 Å². The minimum absolute atomic E-state index is 0.210. The van der Waals surface area contributed by atoms with Gasteiger partial charge in [-0.1, -0.05) is 6.42 Å². The molecular weight excluding hydrogens is 228 g/mol. The van der Waals surface area contributed by atoms with Crippen molar-refractivity contribution in [2.24, 2.45) is 5.92 Å². The van der Waals surface area contributed by atoms with Gasteiger partial charge < -0.3 is 15.4 Å². The SMILES string of the molecule is O=C(CC1CCCCN1)NCCC1CCOCC1. The van der Waals surface area contributed by atoms with E-state index in [-0.39, 0.29) is 5.91 Å². The lowest BCUT2D eigenvalue weighted by molar-refractivity contribution is -0.121.